The number of nitrogens with one attached hydrogen (secondary N) is 2. The lowest BCUT2D eigenvalue weighted by Crippen LogP contribution is -2.14. The van der Waals surface area contributed by atoms with Crippen molar-refractivity contribution in [1.82, 2.24) is 4.98 Å². The van der Waals surface area contributed by atoms with Gasteiger partial charge in [0.1, 0.15) is 5.75 Å². The SMILES string of the molecule is COc1ccc2[nH]c(C)c(CC(=O)Nc3ccccc3)c2c1. The van der Waals surface area contributed by atoms with Crippen LogP contribution in [-0.4, -0.2) is 18.0 Å². The van der Waals surface area contributed by atoms with Crippen LogP contribution in [0.5, 0.6) is 5.75 Å². The number of rotatable bonds is 4. The van der Waals surface area contributed by atoms with Gasteiger partial charge in [-0.3, -0.25) is 4.79 Å². The summed E-state index contributed by atoms with van der Waals surface area (Å²) in [6, 6.07) is 15.3. The zero-order chi connectivity index (χ0) is 15.5. The van der Waals surface area contributed by atoms with Crippen LogP contribution in [0.15, 0.2) is 48.5 Å². The predicted molar refractivity (Wildman–Crippen MR) is 88.4 cm³/mol. The van der Waals surface area contributed by atoms with E-state index in [1.165, 1.54) is 0 Å². The number of anilines is 1. The molecule has 22 heavy (non-hydrogen) atoms. The highest BCUT2D eigenvalue weighted by molar-refractivity contribution is 5.96. The number of amides is 1. The Morgan fingerprint density at radius 1 is 1.18 bits per heavy atom. The number of hydrogen-bond acceptors (Lipinski definition) is 2. The minimum absolute atomic E-state index is 0.0296. The first-order valence-electron chi connectivity index (χ1n) is 7.17. The maximum absolute atomic E-state index is 12.3. The molecule has 0 aliphatic heterocycles. The van der Waals surface area contributed by atoms with Crippen molar-refractivity contribution >= 4 is 22.5 Å². The highest BCUT2D eigenvalue weighted by atomic mass is 16.5. The molecule has 112 valence electrons. The summed E-state index contributed by atoms with van der Waals surface area (Å²) in [5.74, 6) is 0.759. The second-order valence-electron chi connectivity index (χ2n) is 5.23. The van der Waals surface area contributed by atoms with Gasteiger partial charge in [-0.15, -0.1) is 0 Å². The van der Waals surface area contributed by atoms with Crippen molar-refractivity contribution in [3.63, 3.8) is 0 Å². The van der Waals surface area contributed by atoms with Gasteiger partial charge in [0.05, 0.1) is 13.5 Å². The first-order chi connectivity index (χ1) is 10.7. The number of carbonyl (C=O) groups is 1. The number of carbonyl (C=O) groups excluding carboxylic acids is 1. The zero-order valence-corrected chi connectivity index (χ0v) is 12.6. The summed E-state index contributed by atoms with van der Waals surface area (Å²) in [6.45, 7) is 1.98. The topological polar surface area (TPSA) is 54.1 Å². The van der Waals surface area contributed by atoms with Crippen molar-refractivity contribution in [2.24, 2.45) is 0 Å². The average molecular weight is 294 g/mol. The van der Waals surface area contributed by atoms with Crippen LogP contribution < -0.4 is 10.1 Å². The van der Waals surface area contributed by atoms with Gasteiger partial charge in [-0.25, -0.2) is 0 Å². The number of ether oxygens (including phenoxy) is 1. The summed E-state index contributed by atoms with van der Waals surface area (Å²) in [6.07, 6.45) is 0.327. The van der Waals surface area contributed by atoms with E-state index in [0.717, 1.165) is 33.6 Å². The van der Waals surface area contributed by atoms with Crippen molar-refractivity contribution in [2.45, 2.75) is 13.3 Å². The third-order valence-electron chi connectivity index (χ3n) is 3.72. The van der Waals surface area contributed by atoms with E-state index in [1.54, 1.807) is 7.11 Å². The molecule has 0 saturated heterocycles. The number of para-hydroxylation sites is 1. The van der Waals surface area contributed by atoms with Crippen molar-refractivity contribution in [3.05, 3.63) is 59.8 Å². The normalized spacial score (nSPS) is 10.6. The number of aromatic nitrogens is 1. The molecule has 3 aromatic rings. The first-order valence-corrected chi connectivity index (χ1v) is 7.17. The predicted octanol–water partition coefficient (Wildman–Crippen LogP) is 3.67. The Morgan fingerprint density at radius 2 is 1.95 bits per heavy atom. The number of H-pyrrole nitrogens is 1. The third-order valence-corrected chi connectivity index (χ3v) is 3.72. The van der Waals surface area contributed by atoms with Crippen molar-refractivity contribution in [1.29, 1.82) is 0 Å². The number of fused-ring (bicyclic) bond motifs is 1. The van der Waals surface area contributed by atoms with Crippen LogP contribution in [0.3, 0.4) is 0 Å². The highest BCUT2D eigenvalue weighted by Crippen LogP contribution is 2.27. The van der Waals surface area contributed by atoms with E-state index < -0.39 is 0 Å². The van der Waals surface area contributed by atoms with E-state index in [4.69, 9.17) is 4.74 Å². The zero-order valence-electron chi connectivity index (χ0n) is 12.6. The number of hydrogen-bond donors (Lipinski definition) is 2. The minimum Gasteiger partial charge on any atom is -0.497 e. The van der Waals surface area contributed by atoms with Crippen molar-refractivity contribution in [3.8, 4) is 5.75 Å². The third kappa shape index (κ3) is 2.81. The van der Waals surface area contributed by atoms with E-state index in [2.05, 4.69) is 10.3 Å². The largest absolute Gasteiger partial charge is 0.497 e. The van der Waals surface area contributed by atoms with Gasteiger partial charge in [0.25, 0.3) is 0 Å². The van der Waals surface area contributed by atoms with Gasteiger partial charge in [-0.1, -0.05) is 18.2 Å². The Kier molecular flexibility index (Phi) is 3.83. The van der Waals surface area contributed by atoms with Crippen molar-refractivity contribution in [2.75, 3.05) is 12.4 Å². The monoisotopic (exact) mass is 294 g/mol. The van der Waals surface area contributed by atoms with Gasteiger partial charge >= 0.3 is 0 Å². The van der Waals surface area contributed by atoms with Gasteiger partial charge in [0, 0.05) is 22.3 Å². The standard InChI is InChI=1S/C18H18N2O2/c1-12-15(11-18(21)20-13-6-4-3-5-7-13)16-10-14(22-2)8-9-17(16)19-12/h3-10,19H,11H2,1-2H3,(H,20,21). The van der Waals surface area contributed by atoms with Crippen LogP contribution in [0, 0.1) is 6.92 Å². The second kappa shape index (κ2) is 5.93. The lowest BCUT2D eigenvalue weighted by atomic mass is 10.1. The molecule has 2 aromatic carbocycles. The quantitative estimate of drug-likeness (QED) is 0.771. The van der Waals surface area contributed by atoms with E-state index in [0.29, 0.717) is 6.42 Å². The Morgan fingerprint density at radius 3 is 2.68 bits per heavy atom. The molecule has 1 aromatic heterocycles. The number of methoxy groups -OCH3 is 1. The van der Waals surface area contributed by atoms with Crippen LogP contribution in [0.4, 0.5) is 5.69 Å². The summed E-state index contributed by atoms with van der Waals surface area (Å²) < 4.78 is 5.27. The molecule has 0 unspecified atom stereocenters. The summed E-state index contributed by atoms with van der Waals surface area (Å²) in [7, 11) is 1.64. The van der Waals surface area contributed by atoms with Gasteiger partial charge in [0.2, 0.25) is 5.91 Å². The first kappa shape index (κ1) is 14.2. The molecule has 2 N–H and O–H groups in total. The molecule has 0 aliphatic rings. The molecule has 0 fully saturated rings. The molecule has 0 bridgehead atoms. The Labute approximate surface area is 129 Å². The van der Waals surface area contributed by atoms with Crippen LogP contribution in [-0.2, 0) is 11.2 Å². The molecule has 1 amide bonds. The molecule has 0 spiro atoms. The Balaban J connectivity index is 1.86. The molecular formula is C18H18N2O2. The fourth-order valence-electron chi connectivity index (χ4n) is 2.60. The Bertz CT molecular complexity index is 807. The molecule has 0 atom stereocenters. The molecule has 1 heterocycles. The van der Waals surface area contributed by atoms with Gasteiger partial charge in [-0.2, -0.15) is 0 Å². The van der Waals surface area contributed by atoms with E-state index in [9.17, 15) is 4.79 Å². The molecule has 0 radical (unpaired) electrons. The summed E-state index contributed by atoms with van der Waals surface area (Å²) in [4.78, 5) is 15.6. The van der Waals surface area contributed by atoms with Crippen molar-refractivity contribution < 1.29 is 9.53 Å². The van der Waals surface area contributed by atoms with Crippen LogP contribution in [0.25, 0.3) is 10.9 Å². The number of aryl methyl sites for hydroxylation is 1. The smallest absolute Gasteiger partial charge is 0.228 e. The summed E-state index contributed by atoms with van der Waals surface area (Å²) >= 11 is 0. The second-order valence-corrected chi connectivity index (χ2v) is 5.23. The molecular weight excluding hydrogens is 276 g/mol. The molecule has 3 rings (SSSR count). The lowest BCUT2D eigenvalue weighted by Gasteiger charge is -2.06. The fraction of sp³-hybridized carbons (Fsp3) is 0.167. The van der Waals surface area contributed by atoms with Crippen LogP contribution in [0.1, 0.15) is 11.3 Å². The number of aromatic amines is 1. The molecule has 4 heteroatoms. The molecule has 4 nitrogen and oxygen atoms in total. The van der Waals surface area contributed by atoms with Gasteiger partial charge < -0.3 is 15.0 Å². The highest BCUT2D eigenvalue weighted by Gasteiger charge is 2.13. The Hall–Kier alpha value is -2.75. The minimum atomic E-state index is -0.0296. The van der Waals surface area contributed by atoms with Gasteiger partial charge in [-0.05, 0) is 42.8 Å². The maximum Gasteiger partial charge on any atom is 0.228 e. The lowest BCUT2D eigenvalue weighted by molar-refractivity contribution is -0.115. The fourth-order valence-corrected chi connectivity index (χ4v) is 2.60. The maximum atomic E-state index is 12.3. The van der Waals surface area contributed by atoms with E-state index in [-0.39, 0.29) is 5.91 Å². The number of benzene rings is 2. The van der Waals surface area contributed by atoms with Gasteiger partial charge in [0.15, 0.2) is 0 Å². The van der Waals surface area contributed by atoms with E-state index in [1.807, 2.05) is 55.5 Å². The van der Waals surface area contributed by atoms with E-state index >= 15 is 0 Å². The van der Waals surface area contributed by atoms with Crippen LogP contribution >= 0.6 is 0 Å². The molecule has 0 aliphatic carbocycles. The summed E-state index contributed by atoms with van der Waals surface area (Å²) in [5, 5.41) is 3.94. The van der Waals surface area contributed by atoms with Crippen LogP contribution in [0.2, 0.25) is 0 Å². The average Bonchev–Trinajstić information content (AvgIpc) is 2.83. The molecule has 0 saturated carbocycles. The summed E-state index contributed by atoms with van der Waals surface area (Å²) in [5.41, 5.74) is 3.83.